The SMILES string of the molecule is CCn1c(CCNCc2ccccc2)nc2cc(/C=C/C(=O)NO)ccc21.CCn1c(CCNS(=O)(=O)c2ccccc2)nc2cc(/C=C/C(=O)NO)ccc21.CCn1c(NC(=O)COc2ccccc2)nc2cc(/C=C/C(=O)NO)ccc21.O=C(/C=C/c1ccc2c(c1)nc(CCc1ccccc1)n2CCN1CCCC1)NO. The van der Waals surface area contributed by atoms with Crippen LogP contribution in [0, 0.1) is 0 Å². The number of fused-ring (bicyclic) bond motifs is 4. The minimum Gasteiger partial charge on any atom is -0.484 e. The second-order valence-corrected chi connectivity index (χ2v) is 28.0. The quantitative estimate of drug-likeness (QED) is 0.00832. The number of aromatic nitrogens is 8. The fourth-order valence-electron chi connectivity index (χ4n) is 12.9. The molecule has 0 saturated carbocycles. The van der Waals surface area contributed by atoms with Crippen LogP contribution in [0.3, 0.4) is 0 Å². The van der Waals surface area contributed by atoms with Crippen LogP contribution in [0.25, 0.3) is 68.4 Å². The Bertz CT molecular complexity index is 5450. The molecule has 0 unspecified atom stereocenters. The number of benzene rings is 8. The summed E-state index contributed by atoms with van der Waals surface area (Å²) in [5.41, 5.74) is 19.3. The molecule has 28 nitrogen and oxygen atoms in total. The van der Waals surface area contributed by atoms with Crippen LogP contribution in [-0.2, 0) is 92.4 Å². The van der Waals surface area contributed by atoms with E-state index in [1.165, 1.54) is 66.8 Å². The molecule has 114 heavy (non-hydrogen) atoms. The molecule has 1 aliphatic heterocycles. The van der Waals surface area contributed by atoms with Gasteiger partial charge >= 0.3 is 0 Å². The second-order valence-electron chi connectivity index (χ2n) is 26.2. The number of nitrogens with zero attached hydrogens (tertiary/aromatic N) is 9. The van der Waals surface area contributed by atoms with Crippen LogP contribution in [0.4, 0.5) is 5.95 Å². The number of hydrogen-bond donors (Lipinski definition) is 11. The van der Waals surface area contributed by atoms with Gasteiger partial charge in [-0.05, 0) is 184 Å². The van der Waals surface area contributed by atoms with Gasteiger partial charge in [-0.1, -0.05) is 121 Å². The standard InChI is InChI=1S/C24H28N4O2.C21H24N4O2.C20H22N4O4S.C20H20N4O4/c29-24(26-30)13-10-20-8-11-22-21(18-20)25-23(12-9-19-6-2-1-3-7-19)28(22)17-16-27-14-4-5-15-27;1-2-25-19-10-8-16(9-11-21(26)24-27)14-18(19)23-20(25)12-13-22-15-17-6-4-3-5-7-17;1-2-24-18-10-8-15(9-11-20(25)23-26)14-17(18)22-19(24)12-13-21-29(27,28)16-6-4-3-5-7-16;1-2-24-17-10-8-14(9-11-18(25)23-27)12-16(17)21-20(24)22-19(26)13-28-15-6-4-3-5-7-15/h1-3,6-8,10-11,13,18,30H,4-5,9,12,14-17H2,(H,26,29);3-11,14,22,27H,2,12-13,15H2,1H3,(H,24,26);3-11,14,21,26H,2,12-13H2,1H3,(H,23,25);3-12,27H,2,13H2,1H3,(H,23,25)(H,21,22,26)/b13-10+;3*11-9+. The second kappa shape index (κ2) is 42.7. The maximum absolute atomic E-state index is 12.3. The van der Waals surface area contributed by atoms with Gasteiger partial charge < -0.3 is 33.2 Å². The molecule has 0 atom stereocenters. The Balaban J connectivity index is 0.000000161. The van der Waals surface area contributed by atoms with Gasteiger partial charge in [0.2, 0.25) is 16.0 Å². The van der Waals surface area contributed by atoms with Crippen molar-refractivity contribution < 1.29 is 58.0 Å². The average Bonchev–Trinajstić information content (AvgIpc) is 1.67. The zero-order chi connectivity index (χ0) is 80.6. The highest BCUT2D eigenvalue weighted by molar-refractivity contribution is 7.89. The third kappa shape index (κ3) is 24.2. The van der Waals surface area contributed by atoms with Crippen LogP contribution in [0.1, 0.15) is 84.5 Å². The number of amides is 5. The fraction of sp³-hybridized carbons (Fsp3) is 0.235. The summed E-state index contributed by atoms with van der Waals surface area (Å²) < 4.78 is 41.2. The zero-order valence-electron chi connectivity index (χ0n) is 63.6. The molecule has 13 rings (SSSR count). The molecule has 11 N–H and O–H groups in total. The predicted molar refractivity (Wildman–Crippen MR) is 439 cm³/mol. The van der Waals surface area contributed by atoms with E-state index in [0.717, 1.165) is 130 Å². The number of ether oxygens (including phenoxy) is 1. The Labute approximate surface area is 660 Å². The Morgan fingerprint density at radius 3 is 1.28 bits per heavy atom. The summed E-state index contributed by atoms with van der Waals surface area (Å²) in [5, 5.41) is 40.5. The lowest BCUT2D eigenvalue weighted by molar-refractivity contribution is -0.124. The molecule has 0 spiro atoms. The smallest absolute Gasteiger partial charge is 0.267 e. The highest BCUT2D eigenvalue weighted by atomic mass is 32.2. The molecule has 4 aromatic heterocycles. The van der Waals surface area contributed by atoms with Crippen LogP contribution in [0.15, 0.2) is 223 Å². The number of para-hydroxylation sites is 1. The van der Waals surface area contributed by atoms with Crippen LogP contribution in [0.5, 0.6) is 5.75 Å². The maximum atomic E-state index is 12.3. The van der Waals surface area contributed by atoms with Crippen LogP contribution < -0.4 is 42.0 Å². The number of likely N-dealkylation sites (tertiary alicyclic amines) is 1. The van der Waals surface area contributed by atoms with Gasteiger partial charge in [-0.2, -0.15) is 0 Å². The van der Waals surface area contributed by atoms with Gasteiger partial charge in [0, 0.05) is 95.9 Å². The summed E-state index contributed by atoms with van der Waals surface area (Å²) in [7, 11) is -3.56. The Hall–Kier alpha value is -12.6. The predicted octanol–water partition coefficient (Wildman–Crippen LogP) is 11.0. The minimum absolute atomic E-state index is 0.124. The lowest BCUT2D eigenvalue weighted by Crippen LogP contribution is -2.26. The van der Waals surface area contributed by atoms with E-state index in [9.17, 15) is 32.4 Å². The van der Waals surface area contributed by atoms with Crippen molar-refractivity contribution in [2.45, 2.75) is 96.9 Å². The molecule has 8 aromatic carbocycles. The van der Waals surface area contributed by atoms with Crippen LogP contribution in [-0.4, -0.2) is 141 Å². The highest BCUT2D eigenvalue weighted by Gasteiger charge is 2.19. The van der Waals surface area contributed by atoms with Crippen molar-refractivity contribution in [3.63, 3.8) is 0 Å². The lowest BCUT2D eigenvalue weighted by Gasteiger charge is -2.16. The zero-order valence-corrected chi connectivity index (χ0v) is 64.4. The van der Waals surface area contributed by atoms with E-state index in [0.29, 0.717) is 36.7 Å². The molecule has 0 radical (unpaired) electrons. The number of hydrogen-bond acceptors (Lipinski definition) is 18. The number of imidazole rings is 4. The first-order valence-corrected chi connectivity index (χ1v) is 39.0. The van der Waals surface area contributed by atoms with Gasteiger partial charge in [0.25, 0.3) is 29.5 Å². The van der Waals surface area contributed by atoms with Gasteiger partial charge in [0.05, 0.1) is 49.0 Å². The van der Waals surface area contributed by atoms with Crippen LogP contribution in [0.2, 0.25) is 0 Å². The lowest BCUT2D eigenvalue weighted by atomic mass is 10.1. The number of hydroxylamine groups is 4. The third-order valence-corrected chi connectivity index (χ3v) is 20.0. The molecule has 5 amide bonds. The molecule has 592 valence electrons. The fourth-order valence-corrected chi connectivity index (χ4v) is 14.0. The first-order valence-electron chi connectivity index (χ1n) is 37.5. The van der Waals surface area contributed by atoms with E-state index in [1.54, 1.807) is 89.3 Å². The summed E-state index contributed by atoms with van der Waals surface area (Å²) in [6, 6.07) is 61.2. The molecule has 1 aliphatic rings. The van der Waals surface area contributed by atoms with E-state index < -0.39 is 33.7 Å². The normalized spacial score (nSPS) is 12.3. The molecule has 12 aromatic rings. The Morgan fingerprint density at radius 2 is 0.833 bits per heavy atom. The number of aryl methyl sites for hydroxylation is 5. The van der Waals surface area contributed by atoms with Crippen molar-refractivity contribution in [1.82, 2.24) is 75.1 Å². The van der Waals surface area contributed by atoms with Gasteiger partial charge in [-0.15, -0.1) is 0 Å². The third-order valence-electron chi connectivity index (χ3n) is 18.5. The molecule has 29 heteroatoms. The van der Waals surface area contributed by atoms with Gasteiger partial charge in [-0.25, -0.2) is 55.0 Å². The molecule has 1 saturated heterocycles. The van der Waals surface area contributed by atoms with Crippen molar-refractivity contribution in [2.24, 2.45) is 0 Å². The van der Waals surface area contributed by atoms with Crippen molar-refractivity contribution in [2.75, 3.05) is 44.6 Å². The molecule has 5 heterocycles. The van der Waals surface area contributed by atoms with E-state index in [-0.39, 0.29) is 24.0 Å². The number of carbonyl (C=O) groups excluding carboxylic acids is 5. The first-order chi connectivity index (χ1) is 55.5. The molecule has 0 aliphatic carbocycles. The summed E-state index contributed by atoms with van der Waals surface area (Å²) in [6.07, 6.45) is 17.2. The van der Waals surface area contributed by atoms with Crippen molar-refractivity contribution in [1.29, 1.82) is 0 Å². The summed E-state index contributed by atoms with van der Waals surface area (Å²) in [6.45, 7) is 14.4. The first kappa shape index (κ1) is 83.9. The van der Waals surface area contributed by atoms with Gasteiger partial charge in [-0.3, -0.25) is 50.1 Å². The molecular formula is C85H94N16O12S. The van der Waals surface area contributed by atoms with Crippen molar-refractivity contribution >= 4 is 114 Å². The molecule has 0 bridgehead atoms. The summed E-state index contributed by atoms with van der Waals surface area (Å²) in [5.74, 6) is 1.30. The van der Waals surface area contributed by atoms with Crippen molar-refractivity contribution in [3.05, 3.63) is 269 Å². The van der Waals surface area contributed by atoms with E-state index >= 15 is 0 Å². The molecule has 1 fully saturated rings. The summed E-state index contributed by atoms with van der Waals surface area (Å²) in [4.78, 5) is 78.5. The Kier molecular flexibility index (Phi) is 31.4. The minimum atomic E-state index is -3.56. The van der Waals surface area contributed by atoms with E-state index in [2.05, 4.69) is 88.7 Å². The maximum Gasteiger partial charge on any atom is 0.267 e. The van der Waals surface area contributed by atoms with E-state index in [4.69, 9.17) is 35.5 Å². The molecular weight excluding hydrogens is 1470 g/mol. The summed E-state index contributed by atoms with van der Waals surface area (Å²) >= 11 is 0. The number of nitrogens with one attached hydrogen (secondary N) is 7. The number of carbonyl (C=O) groups is 5. The largest absolute Gasteiger partial charge is 0.484 e. The Morgan fingerprint density at radius 1 is 0.439 bits per heavy atom. The van der Waals surface area contributed by atoms with Crippen molar-refractivity contribution in [3.8, 4) is 5.75 Å². The highest BCUT2D eigenvalue weighted by Crippen LogP contribution is 2.26. The van der Waals surface area contributed by atoms with E-state index in [1.807, 2.05) is 126 Å². The average molecular weight is 1560 g/mol. The van der Waals surface area contributed by atoms with Gasteiger partial charge in [0.1, 0.15) is 23.2 Å². The number of sulfonamides is 1. The number of anilines is 1. The van der Waals surface area contributed by atoms with Gasteiger partial charge in [0.15, 0.2) is 6.61 Å². The number of rotatable bonds is 31. The van der Waals surface area contributed by atoms with Crippen LogP contribution >= 0.6 is 0 Å². The monoisotopic (exact) mass is 1560 g/mol. The topological polar surface area (TPSA) is 368 Å².